The molecule has 1 aliphatic heterocycles. The Kier molecular flexibility index (Phi) is 8.75. The van der Waals surface area contributed by atoms with E-state index < -0.39 is 0 Å². The summed E-state index contributed by atoms with van der Waals surface area (Å²) in [7, 11) is 0. The van der Waals surface area contributed by atoms with Crippen LogP contribution >= 0.6 is 24.0 Å². The number of nitrogens with one attached hydrogen (secondary N) is 2. The van der Waals surface area contributed by atoms with Gasteiger partial charge in [-0.15, -0.1) is 24.0 Å². The zero-order valence-corrected chi connectivity index (χ0v) is 17.8. The summed E-state index contributed by atoms with van der Waals surface area (Å²) < 4.78 is 0. The fraction of sp³-hybridized carbons (Fsp3) is 0.889. The summed E-state index contributed by atoms with van der Waals surface area (Å²) in [6, 6.07) is 0.632. The van der Waals surface area contributed by atoms with Gasteiger partial charge >= 0.3 is 0 Å². The van der Waals surface area contributed by atoms with Crippen molar-refractivity contribution in [3.63, 3.8) is 0 Å². The molecule has 1 heterocycles. The summed E-state index contributed by atoms with van der Waals surface area (Å²) in [6.07, 6.45) is 7.21. The van der Waals surface area contributed by atoms with Gasteiger partial charge in [-0.3, -0.25) is 14.7 Å². The lowest BCUT2D eigenvalue weighted by molar-refractivity contribution is -0.137. The normalized spacial score (nSPS) is 22.6. The van der Waals surface area contributed by atoms with Crippen molar-refractivity contribution in [3.8, 4) is 0 Å². The van der Waals surface area contributed by atoms with E-state index in [0.29, 0.717) is 17.9 Å². The SMILES string of the molecule is CCNC(=NCCN1CCN(C(=O)C2CCCC2)CC1)NC1CC1.I. The highest BCUT2D eigenvalue weighted by Crippen LogP contribution is 2.26. The van der Waals surface area contributed by atoms with E-state index >= 15 is 0 Å². The number of guanidine groups is 1. The van der Waals surface area contributed by atoms with Crippen LogP contribution in [0.5, 0.6) is 0 Å². The second-order valence-electron chi connectivity index (χ2n) is 7.33. The highest BCUT2D eigenvalue weighted by molar-refractivity contribution is 14.0. The van der Waals surface area contributed by atoms with E-state index in [0.717, 1.165) is 64.6 Å². The van der Waals surface area contributed by atoms with Gasteiger partial charge in [-0.1, -0.05) is 12.8 Å². The van der Waals surface area contributed by atoms with E-state index in [9.17, 15) is 4.79 Å². The van der Waals surface area contributed by atoms with Crippen LogP contribution in [0, 0.1) is 5.92 Å². The number of nitrogens with zero attached hydrogens (tertiary/aromatic N) is 3. The van der Waals surface area contributed by atoms with Crippen LogP contribution in [-0.2, 0) is 4.79 Å². The highest BCUT2D eigenvalue weighted by Gasteiger charge is 2.29. The van der Waals surface area contributed by atoms with E-state index in [2.05, 4.69) is 32.3 Å². The first-order valence-electron chi connectivity index (χ1n) is 9.82. The van der Waals surface area contributed by atoms with E-state index in [1.165, 1.54) is 25.7 Å². The lowest BCUT2D eigenvalue weighted by Crippen LogP contribution is -2.50. The van der Waals surface area contributed by atoms with Crippen molar-refractivity contribution in [1.29, 1.82) is 0 Å². The minimum Gasteiger partial charge on any atom is -0.357 e. The second-order valence-corrected chi connectivity index (χ2v) is 7.33. The van der Waals surface area contributed by atoms with Crippen LogP contribution in [0.4, 0.5) is 0 Å². The van der Waals surface area contributed by atoms with E-state index in [4.69, 9.17) is 0 Å². The van der Waals surface area contributed by atoms with Crippen molar-refractivity contribution in [3.05, 3.63) is 0 Å². The fourth-order valence-electron chi connectivity index (χ4n) is 3.67. The molecule has 144 valence electrons. The smallest absolute Gasteiger partial charge is 0.225 e. The standard InChI is InChI=1S/C18H33N5O.HI/c1-2-19-18(21-16-7-8-16)20-9-10-22-11-13-23(14-12-22)17(24)15-5-3-4-6-15;/h15-16H,2-14H2,1H3,(H2,19,20,21);1H. The molecule has 3 aliphatic rings. The third-order valence-electron chi connectivity index (χ3n) is 5.34. The summed E-state index contributed by atoms with van der Waals surface area (Å²) in [4.78, 5) is 21.7. The van der Waals surface area contributed by atoms with E-state index in [1.54, 1.807) is 0 Å². The molecular formula is C18H34IN5O. The zero-order valence-electron chi connectivity index (χ0n) is 15.5. The Morgan fingerprint density at radius 2 is 1.76 bits per heavy atom. The topological polar surface area (TPSA) is 60.0 Å². The lowest BCUT2D eigenvalue weighted by Gasteiger charge is -2.35. The Balaban J connectivity index is 0.00000225. The predicted octanol–water partition coefficient (Wildman–Crippen LogP) is 1.66. The van der Waals surface area contributed by atoms with Gasteiger partial charge in [-0.25, -0.2) is 0 Å². The number of halogens is 1. The first-order chi connectivity index (χ1) is 11.8. The molecule has 2 saturated carbocycles. The van der Waals surface area contributed by atoms with Crippen LogP contribution in [0.15, 0.2) is 4.99 Å². The molecule has 7 heteroatoms. The number of carbonyl (C=O) groups is 1. The fourth-order valence-corrected chi connectivity index (χ4v) is 3.67. The Morgan fingerprint density at radius 3 is 2.36 bits per heavy atom. The molecule has 25 heavy (non-hydrogen) atoms. The third kappa shape index (κ3) is 6.58. The van der Waals surface area contributed by atoms with Gasteiger partial charge in [0.25, 0.3) is 0 Å². The first-order valence-corrected chi connectivity index (χ1v) is 9.82. The lowest BCUT2D eigenvalue weighted by atomic mass is 10.1. The maximum absolute atomic E-state index is 12.5. The molecule has 0 spiro atoms. The monoisotopic (exact) mass is 463 g/mol. The molecule has 3 fully saturated rings. The van der Waals surface area contributed by atoms with Crippen LogP contribution < -0.4 is 10.6 Å². The molecule has 1 amide bonds. The molecule has 2 N–H and O–H groups in total. The number of piperazine rings is 1. The van der Waals surface area contributed by atoms with Gasteiger partial charge < -0.3 is 15.5 Å². The largest absolute Gasteiger partial charge is 0.357 e. The number of amides is 1. The summed E-state index contributed by atoms with van der Waals surface area (Å²) in [5.74, 6) is 1.68. The minimum absolute atomic E-state index is 0. The molecule has 0 bridgehead atoms. The van der Waals surface area contributed by atoms with E-state index in [-0.39, 0.29) is 24.0 Å². The maximum Gasteiger partial charge on any atom is 0.225 e. The van der Waals surface area contributed by atoms with Crippen LogP contribution in [-0.4, -0.2) is 73.5 Å². The average molecular weight is 463 g/mol. The van der Waals surface area contributed by atoms with Gasteiger partial charge in [0.05, 0.1) is 6.54 Å². The Morgan fingerprint density at radius 1 is 1.08 bits per heavy atom. The molecule has 6 nitrogen and oxygen atoms in total. The van der Waals surface area contributed by atoms with Gasteiger partial charge in [0, 0.05) is 51.2 Å². The van der Waals surface area contributed by atoms with Crippen LogP contribution in [0.25, 0.3) is 0 Å². The molecule has 0 aromatic carbocycles. The minimum atomic E-state index is 0. The summed E-state index contributed by atoms with van der Waals surface area (Å²) in [6.45, 7) is 8.55. The molecule has 0 atom stereocenters. The quantitative estimate of drug-likeness (QED) is 0.358. The molecule has 0 unspecified atom stereocenters. The molecular weight excluding hydrogens is 429 g/mol. The van der Waals surface area contributed by atoms with Crippen molar-refractivity contribution in [2.45, 2.75) is 51.5 Å². The number of carbonyl (C=O) groups excluding carboxylic acids is 1. The van der Waals surface area contributed by atoms with Crippen molar-refractivity contribution in [2.24, 2.45) is 10.9 Å². The van der Waals surface area contributed by atoms with Gasteiger partial charge in [0.1, 0.15) is 0 Å². The zero-order chi connectivity index (χ0) is 16.8. The van der Waals surface area contributed by atoms with Crippen LogP contribution in [0.2, 0.25) is 0 Å². The molecule has 0 radical (unpaired) electrons. The number of aliphatic imine (C=N–C) groups is 1. The summed E-state index contributed by atoms with van der Waals surface area (Å²) in [5.41, 5.74) is 0. The van der Waals surface area contributed by atoms with E-state index in [1.807, 2.05) is 0 Å². The first kappa shape index (κ1) is 20.7. The molecule has 1 saturated heterocycles. The van der Waals surface area contributed by atoms with Gasteiger partial charge in [-0.2, -0.15) is 0 Å². The van der Waals surface area contributed by atoms with Crippen molar-refractivity contribution >= 4 is 35.8 Å². The molecule has 0 aromatic rings. The Hall–Kier alpha value is -0.570. The van der Waals surface area contributed by atoms with Gasteiger partial charge in [-0.05, 0) is 32.6 Å². The van der Waals surface area contributed by atoms with Gasteiger partial charge in [0.15, 0.2) is 5.96 Å². The molecule has 2 aliphatic carbocycles. The third-order valence-corrected chi connectivity index (χ3v) is 5.34. The summed E-state index contributed by atoms with van der Waals surface area (Å²) in [5, 5.41) is 6.76. The van der Waals surface area contributed by atoms with Crippen molar-refractivity contribution < 1.29 is 4.79 Å². The second kappa shape index (κ2) is 10.5. The number of hydrogen-bond acceptors (Lipinski definition) is 3. The predicted molar refractivity (Wildman–Crippen MR) is 113 cm³/mol. The maximum atomic E-state index is 12.5. The summed E-state index contributed by atoms with van der Waals surface area (Å²) >= 11 is 0. The number of hydrogen-bond donors (Lipinski definition) is 2. The average Bonchev–Trinajstić information content (AvgIpc) is 3.24. The van der Waals surface area contributed by atoms with Gasteiger partial charge in [0.2, 0.25) is 5.91 Å². The Bertz CT molecular complexity index is 441. The van der Waals surface area contributed by atoms with Crippen molar-refractivity contribution in [2.75, 3.05) is 45.8 Å². The molecule has 0 aromatic heterocycles. The Labute approximate surface area is 169 Å². The van der Waals surface area contributed by atoms with Crippen LogP contribution in [0.1, 0.15) is 45.4 Å². The highest BCUT2D eigenvalue weighted by atomic mass is 127. The van der Waals surface area contributed by atoms with Crippen molar-refractivity contribution in [1.82, 2.24) is 20.4 Å². The number of rotatable bonds is 6. The molecule has 3 rings (SSSR count). The van der Waals surface area contributed by atoms with Crippen LogP contribution in [0.3, 0.4) is 0 Å².